The molecule has 1 rings (SSSR count). The largest absolute Gasteiger partial charge is 0.350 e. The molecule has 0 saturated carbocycles. The topological polar surface area (TPSA) is 111 Å². The fourth-order valence-electron chi connectivity index (χ4n) is 1.39. The maximum Gasteiger partial charge on any atom is 0.332 e. The van der Waals surface area contributed by atoms with Crippen molar-refractivity contribution in [3.05, 3.63) is 46.0 Å². The molecule has 0 aromatic heterocycles. The first-order chi connectivity index (χ1) is 8.59. The number of nitrogens with one attached hydrogen (secondary N) is 1. The van der Waals surface area contributed by atoms with Crippen molar-refractivity contribution in [2.75, 3.05) is 6.54 Å². The monoisotopic (exact) mass is 250 g/mol. The van der Waals surface area contributed by atoms with E-state index in [-0.39, 0.29) is 11.5 Å². The van der Waals surface area contributed by atoms with Gasteiger partial charge in [0.1, 0.15) is 0 Å². The Hall–Kier alpha value is -2.44. The maximum absolute atomic E-state index is 10.6. The highest BCUT2D eigenvalue weighted by molar-refractivity contribution is 6.00. The van der Waals surface area contributed by atoms with Crippen molar-refractivity contribution < 1.29 is 9.72 Å². The number of carbonyl (C=O) groups is 1. The van der Waals surface area contributed by atoms with E-state index in [4.69, 9.17) is 5.73 Å². The Morgan fingerprint density at radius 3 is 2.61 bits per heavy atom. The number of urea groups is 1. The predicted octanol–water partition coefficient (Wildman–Crippen LogP) is 1.12. The van der Waals surface area contributed by atoms with Crippen molar-refractivity contribution in [3.8, 4) is 0 Å². The summed E-state index contributed by atoms with van der Waals surface area (Å²) >= 11 is 0. The molecule has 0 unspecified atom stereocenters. The molecular formula is C11H14N4O3. The van der Waals surface area contributed by atoms with Gasteiger partial charge >= 0.3 is 6.03 Å². The number of nitro groups is 1. The van der Waals surface area contributed by atoms with Crippen molar-refractivity contribution in [2.24, 2.45) is 10.8 Å². The van der Waals surface area contributed by atoms with E-state index in [1.54, 1.807) is 0 Å². The molecule has 0 aliphatic carbocycles. The van der Waals surface area contributed by atoms with Crippen LogP contribution < -0.4 is 11.2 Å². The lowest BCUT2D eigenvalue weighted by Gasteiger charge is -2.05. The van der Waals surface area contributed by atoms with E-state index in [0.29, 0.717) is 18.6 Å². The average Bonchev–Trinajstić information content (AvgIpc) is 2.34. The number of benzene rings is 1. The number of rotatable bonds is 6. The second kappa shape index (κ2) is 7.00. The van der Waals surface area contributed by atoms with Crippen LogP contribution in [-0.2, 0) is 0 Å². The van der Waals surface area contributed by atoms with Crippen molar-refractivity contribution in [2.45, 2.75) is 12.8 Å². The molecule has 3 N–H and O–H groups in total. The number of nitrogens with zero attached hydrogens (tertiary/aromatic N) is 2. The van der Waals surface area contributed by atoms with Gasteiger partial charge in [0.15, 0.2) is 0 Å². The molecule has 0 atom stereocenters. The molecule has 1 aromatic rings. The van der Waals surface area contributed by atoms with Crippen LogP contribution >= 0.6 is 0 Å². The second-order valence-corrected chi connectivity index (χ2v) is 3.56. The summed E-state index contributed by atoms with van der Waals surface area (Å²) in [6.45, 7) is -0.136. The Balaban J connectivity index is 2.72. The highest BCUT2D eigenvalue weighted by Crippen LogP contribution is 2.06. The standard InChI is InChI=1S/C11H14N4O3/c12-11(16)14-13-10(7-4-8-15(17)18)9-5-2-1-3-6-9/h1-3,5-6H,4,7-8H2,(H3,12,14,16)/b13-10-. The van der Waals surface area contributed by atoms with Gasteiger partial charge in [0.05, 0.1) is 5.71 Å². The van der Waals surface area contributed by atoms with E-state index >= 15 is 0 Å². The van der Waals surface area contributed by atoms with Crippen molar-refractivity contribution in [1.29, 1.82) is 0 Å². The third-order valence-electron chi connectivity index (χ3n) is 2.16. The summed E-state index contributed by atoms with van der Waals surface area (Å²) in [7, 11) is 0. The molecule has 0 fully saturated rings. The number of hydrogen-bond donors (Lipinski definition) is 2. The van der Waals surface area contributed by atoms with Crippen LogP contribution in [0.5, 0.6) is 0 Å². The summed E-state index contributed by atoms with van der Waals surface area (Å²) in [5.41, 5.74) is 8.44. The lowest BCUT2D eigenvalue weighted by molar-refractivity contribution is -0.480. The van der Waals surface area contributed by atoms with E-state index < -0.39 is 6.03 Å². The Bertz CT molecular complexity index is 445. The summed E-state index contributed by atoms with van der Waals surface area (Å²) in [5.74, 6) is 0. The van der Waals surface area contributed by atoms with Gasteiger partial charge in [-0.05, 0) is 12.0 Å². The first kappa shape index (κ1) is 13.6. The molecule has 1 aromatic carbocycles. The first-order valence-electron chi connectivity index (χ1n) is 5.39. The number of nitrogens with two attached hydrogens (primary N) is 1. The summed E-state index contributed by atoms with van der Waals surface area (Å²) in [6, 6.07) is 8.35. The Labute approximate surface area is 104 Å². The molecule has 0 bridgehead atoms. The maximum atomic E-state index is 10.6. The average molecular weight is 250 g/mol. The van der Waals surface area contributed by atoms with Gasteiger partial charge in [-0.2, -0.15) is 5.10 Å². The van der Waals surface area contributed by atoms with Crippen LogP contribution in [0.3, 0.4) is 0 Å². The number of hydrogen-bond acceptors (Lipinski definition) is 4. The van der Waals surface area contributed by atoms with Crippen molar-refractivity contribution in [1.82, 2.24) is 5.43 Å². The molecule has 7 nitrogen and oxygen atoms in total. The Morgan fingerprint density at radius 1 is 1.39 bits per heavy atom. The minimum Gasteiger partial charge on any atom is -0.350 e. The Kier molecular flexibility index (Phi) is 5.30. The van der Waals surface area contributed by atoms with Gasteiger partial charge in [0, 0.05) is 11.3 Å². The van der Waals surface area contributed by atoms with Gasteiger partial charge in [-0.25, -0.2) is 10.2 Å². The SMILES string of the molecule is NC(=O)N/N=C(/CCC[N+](=O)[O-])c1ccccc1. The quantitative estimate of drug-likeness (QED) is 0.448. The fraction of sp³-hybridized carbons (Fsp3) is 0.273. The first-order valence-corrected chi connectivity index (χ1v) is 5.39. The molecule has 7 heteroatoms. The van der Waals surface area contributed by atoms with E-state index in [9.17, 15) is 14.9 Å². The predicted molar refractivity (Wildman–Crippen MR) is 66.8 cm³/mol. The normalized spacial score (nSPS) is 11.0. The van der Waals surface area contributed by atoms with Crippen LogP contribution in [0.25, 0.3) is 0 Å². The van der Waals surface area contributed by atoms with E-state index in [0.717, 1.165) is 5.56 Å². The van der Waals surface area contributed by atoms with Gasteiger partial charge in [-0.15, -0.1) is 0 Å². The molecule has 2 amide bonds. The zero-order valence-corrected chi connectivity index (χ0v) is 9.70. The minimum atomic E-state index is -0.766. The molecule has 96 valence electrons. The zero-order chi connectivity index (χ0) is 13.4. The molecular weight excluding hydrogens is 236 g/mol. The number of amides is 2. The fourth-order valence-corrected chi connectivity index (χ4v) is 1.39. The van der Waals surface area contributed by atoms with Crippen LogP contribution in [0.2, 0.25) is 0 Å². The minimum absolute atomic E-state index is 0.136. The van der Waals surface area contributed by atoms with Gasteiger partial charge < -0.3 is 5.73 Å². The second-order valence-electron chi connectivity index (χ2n) is 3.56. The van der Waals surface area contributed by atoms with Crippen molar-refractivity contribution in [3.63, 3.8) is 0 Å². The number of hydrazone groups is 1. The van der Waals surface area contributed by atoms with E-state index in [2.05, 4.69) is 10.5 Å². The summed E-state index contributed by atoms with van der Waals surface area (Å²) in [5, 5.41) is 14.1. The van der Waals surface area contributed by atoms with Crippen LogP contribution in [0.1, 0.15) is 18.4 Å². The number of primary amides is 1. The van der Waals surface area contributed by atoms with Gasteiger partial charge in [-0.3, -0.25) is 10.1 Å². The molecule has 0 radical (unpaired) electrons. The van der Waals surface area contributed by atoms with Gasteiger partial charge in [0.2, 0.25) is 6.54 Å². The third kappa shape index (κ3) is 5.06. The van der Waals surface area contributed by atoms with Gasteiger partial charge in [0.25, 0.3) is 0 Å². The summed E-state index contributed by atoms with van der Waals surface area (Å²) in [4.78, 5) is 20.5. The molecule has 0 heterocycles. The molecule has 18 heavy (non-hydrogen) atoms. The van der Waals surface area contributed by atoms with Crippen LogP contribution in [0.15, 0.2) is 35.4 Å². The number of carbonyl (C=O) groups excluding carboxylic acids is 1. The van der Waals surface area contributed by atoms with E-state index in [1.165, 1.54) is 0 Å². The smallest absolute Gasteiger partial charge is 0.332 e. The third-order valence-corrected chi connectivity index (χ3v) is 2.16. The lowest BCUT2D eigenvalue weighted by atomic mass is 10.1. The molecule has 0 aliphatic heterocycles. The highest BCUT2D eigenvalue weighted by atomic mass is 16.6. The van der Waals surface area contributed by atoms with Gasteiger partial charge in [-0.1, -0.05) is 30.3 Å². The summed E-state index contributed by atoms with van der Waals surface area (Å²) < 4.78 is 0. The lowest BCUT2D eigenvalue weighted by Crippen LogP contribution is -2.26. The molecule has 0 saturated heterocycles. The van der Waals surface area contributed by atoms with Crippen LogP contribution in [0.4, 0.5) is 4.79 Å². The summed E-state index contributed by atoms with van der Waals surface area (Å²) in [6.07, 6.45) is 0.743. The molecule has 0 spiro atoms. The van der Waals surface area contributed by atoms with Crippen LogP contribution in [-0.4, -0.2) is 23.2 Å². The zero-order valence-electron chi connectivity index (χ0n) is 9.70. The molecule has 0 aliphatic rings. The van der Waals surface area contributed by atoms with Crippen LogP contribution in [0, 0.1) is 10.1 Å². The van der Waals surface area contributed by atoms with E-state index in [1.807, 2.05) is 30.3 Å². The van der Waals surface area contributed by atoms with Crippen molar-refractivity contribution >= 4 is 11.7 Å². The highest BCUT2D eigenvalue weighted by Gasteiger charge is 2.06. The Morgan fingerprint density at radius 2 is 2.06 bits per heavy atom.